The zero-order valence-electron chi connectivity index (χ0n) is 11.9. The molecular formula is C14H22N2O3S. The molecule has 20 heavy (non-hydrogen) atoms. The molecule has 0 radical (unpaired) electrons. The molecule has 112 valence electrons. The Kier molecular flexibility index (Phi) is 5.15. The molecule has 1 fully saturated rings. The van der Waals surface area contributed by atoms with E-state index < -0.39 is 10.0 Å². The Hall–Kier alpha value is -0.950. The summed E-state index contributed by atoms with van der Waals surface area (Å²) in [6, 6.07) is 7.06. The van der Waals surface area contributed by atoms with Crippen LogP contribution in [0.25, 0.3) is 0 Å². The van der Waals surface area contributed by atoms with Crippen molar-refractivity contribution in [2.24, 2.45) is 0 Å². The number of rotatable bonds is 5. The third kappa shape index (κ3) is 3.79. The number of ether oxygens (including phenoxy) is 1. The number of nitrogens with one attached hydrogen (secondary N) is 2. The number of hydrogen-bond acceptors (Lipinski definition) is 4. The second-order valence-corrected chi connectivity index (χ2v) is 6.83. The molecule has 1 aromatic rings. The van der Waals surface area contributed by atoms with E-state index in [0.717, 1.165) is 25.0 Å². The number of sulfonamides is 1. The molecule has 5 nitrogen and oxygen atoms in total. The zero-order valence-corrected chi connectivity index (χ0v) is 12.7. The van der Waals surface area contributed by atoms with Crippen LogP contribution in [-0.2, 0) is 14.8 Å². The van der Waals surface area contributed by atoms with Crippen LogP contribution in [-0.4, -0.2) is 34.7 Å². The van der Waals surface area contributed by atoms with Gasteiger partial charge >= 0.3 is 0 Å². The topological polar surface area (TPSA) is 67.4 Å². The first-order valence-corrected chi connectivity index (χ1v) is 8.38. The first kappa shape index (κ1) is 15.4. The highest BCUT2D eigenvalue weighted by molar-refractivity contribution is 7.89. The highest BCUT2D eigenvalue weighted by Crippen LogP contribution is 2.17. The first-order valence-electron chi connectivity index (χ1n) is 6.90. The Morgan fingerprint density at radius 1 is 1.30 bits per heavy atom. The highest BCUT2D eigenvalue weighted by Gasteiger charge is 2.22. The summed E-state index contributed by atoms with van der Waals surface area (Å²) in [6.45, 7) is 3.20. The minimum Gasteiger partial charge on any atom is -0.380 e. The van der Waals surface area contributed by atoms with E-state index in [2.05, 4.69) is 10.0 Å². The lowest BCUT2D eigenvalue weighted by atomic mass is 10.1. The molecule has 6 heteroatoms. The van der Waals surface area contributed by atoms with Gasteiger partial charge in [0.2, 0.25) is 10.0 Å². The zero-order chi connectivity index (χ0) is 14.6. The maximum absolute atomic E-state index is 12.3. The molecule has 2 unspecified atom stereocenters. The van der Waals surface area contributed by atoms with Gasteiger partial charge in [0.1, 0.15) is 0 Å². The van der Waals surface area contributed by atoms with E-state index in [1.165, 1.54) is 0 Å². The van der Waals surface area contributed by atoms with Crippen LogP contribution < -0.4 is 10.0 Å². The van der Waals surface area contributed by atoms with Crippen LogP contribution in [0.1, 0.15) is 31.4 Å². The normalized spacial score (nSPS) is 21.6. The van der Waals surface area contributed by atoms with Gasteiger partial charge in [-0.25, -0.2) is 13.1 Å². The molecule has 0 spiro atoms. The molecule has 0 saturated carbocycles. The molecule has 2 rings (SSSR count). The lowest BCUT2D eigenvalue weighted by Gasteiger charge is -2.23. The molecule has 1 aromatic carbocycles. The predicted molar refractivity (Wildman–Crippen MR) is 78.1 cm³/mol. The van der Waals surface area contributed by atoms with Crippen molar-refractivity contribution in [3.8, 4) is 0 Å². The Bertz CT molecular complexity index is 522. The van der Waals surface area contributed by atoms with E-state index in [0.29, 0.717) is 11.5 Å². The third-order valence-corrected chi connectivity index (χ3v) is 5.14. The maximum atomic E-state index is 12.3. The summed E-state index contributed by atoms with van der Waals surface area (Å²) in [7, 11) is -1.58. The second-order valence-electron chi connectivity index (χ2n) is 5.11. The van der Waals surface area contributed by atoms with Crippen molar-refractivity contribution in [2.75, 3.05) is 20.3 Å². The van der Waals surface area contributed by atoms with Crippen molar-refractivity contribution in [3.05, 3.63) is 29.8 Å². The minimum atomic E-state index is -3.46. The SMILES string of the molecule is CNC(C)c1ccc(S(=O)(=O)NC2CCCOC2)cc1. The van der Waals surface area contributed by atoms with Crippen molar-refractivity contribution >= 4 is 10.0 Å². The fourth-order valence-electron chi connectivity index (χ4n) is 2.22. The van der Waals surface area contributed by atoms with Gasteiger partial charge in [0, 0.05) is 18.7 Å². The minimum absolute atomic E-state index is 0.121. The van der Waals surface area contributed by atoms with Crippen LogP contribution in [0.3, 0.4) is 0 Å². The summed E-state index contributed by atoms with van der Waals surface area (Å²) in [5, 5.41) is 3.12. The van der Waals surface area contributed by atoms with Crippen LogP contribution in [0.4, 0.5) is 0 Å². The molecule has 0 bridgehead atoms. The van der Waals surface area contributed by atoms with E-state index in [1.54, 1.807) is 12.1 Å². The van der Waals surface area contributed by atoms with Gasteiger partial charge in [-0.15, -0.1) is 0 Å². The second kappa shape index (κ2) is 6.67. The van der Waals surface area contributed by atoms with E-state index >= 15 is 0 Å². The maximum Gasteiger partial charge on any atom is 0.240 e. The van der Waals surface area contributed by atoms with E-state index in [1.807, 2.05) is 26.1 Å². The van der Waals surface area contributed by atoms with Gasteiger partial charge in [-0.2, -0.15) is 0 Å². The Morgan fingerprint density at radius 3 is 2.55 bits per heavy atom. The standard InChI is InChI=1S/C14H22N2O3S/c1-11(15-2)12-5-7-14(8-6-12)20(17,18)16-13-4-3-9-19-10-13/h5-8,11,13,15-16H,3-4,9-10H2,1-2H3. The molecule has 1 saturated heterocycles. The van der Waals surface area contributed by atoms with Crippen LogP contribution in [0.15, 0.2) is 29.2 Å². The number of hydrogen-bond donors (Lipinski definition) is 2. The van der Waals surface area contributed by atoms with Crippen molar-refractivity contribution in [2.45, 2.75) is 36.7 Å². The van der Waals surface area contributed by atoms with Gasteiger partial charge in [-0.3, -0.25) is 0 Å². The molecule has 1 aliphatic rings. The fraction of sp³-hybridized carbons (Fsp3) is 0.571. The summed E-state index contributed by atoms with van der Waals surface area (Å²) in [4.78, 5) is 0.301. The van der Waals surface area contributed by atoms with Crippen molar-refractivity contribution in [1.29, 1.82) is 0 Å². The van der Waals surface area contributed by atoms with Crippen molar-refractivity contribution < 1.29 is 13.2 Å². The fourth-order valence-corrected chi connectivity index (χ4v) is 3.48. The average Bonchev–Trinajstić information content (AvgIpc) is 2.47. The van der Waals surface area contributed by atoms with Crippen LogP contribution in [0.2, 0.25) is 0 Å². The van der Waals surface area contributed by atoms with Gasteiger partial charge in [-0.05, 0) is 44.5 Å². The first-order chi connectivity index (χ1) is 9.53. The van der Waals surface area contributed by atoms with E-state index in [4.69, 9.17) is 4.74 Å². The summed E-state index contributed by atoms with van der Waals surface area (Å²) in [6.07, 6.45) is 1.72. The van der Waals surface area contributed by atoms with Crippen molar-refractivity contribution in [1.82, 2.24) is 10.0 Å². The Labute approximate surface area is 120 Å². The van der Waals surface area contributed by atoms with Gasteiger partial charge in [0.25, 0.3) is 0 Å². The summed E-state index contributed by atoms with van der Waals surface area (Å²) >= 11 is 0. The molecule has 2 atom stereocenters. The summed E-state index contributed by atoms with van der Waals surface area (Å²) in [5.41, 5.74) is 1.06. The highest BCUT2D eigenvalue weighted by atomic mass is 32.2. The third-order valence-electron chi connectivity index (χ3n) is 3.61. The smallest absolute Gasteiger partial charge is 0.240 e. The summed E-state index contributed by atoms with van der Waals surface area (Å²) < 4.78 is 32.5. The van der Waals surface area contributed by atoms with Gasteiger partial charge in [0.05, 0.1) is 11.5 Å². The number of benzene rings is 1. The van der Waals surface area contributed by atoms with Crippen LogP contribution in [0.5, 0.6) is 0 Å². The Balaban J connectivity index is 2.08. The van der Waals surface area contributed by atoms with Gasteiger partial charge in [-0.1, -0.05) is 12.1 Å². The molecule has 0 aliphatic carbocycles. The molecule has 0 aromatic heterocycles. The quantitative estimate of drug-likeness (QED) is 0.863. The molecular weight excluding hydrogens is 276 g/mol. The monoisotopic (exact) mass is 298 g/mol. The Morgan fingerprint density at radius 2 is 2.00 bits per heavy atom. The van der Waals surface area contributed by atoms with Crippen LogP contribution >= 0.6 is 0 Å². The van der Waals surface area contributed by atoms with E-state index in [9.17, 15) is 8.42 Å². The molecule has 1 aliphatic heterocycles. The lowest BCUT2D eigenvalue weighted by Crippen LogP contribution is -2.40. The van der Waals surface area contributed by atoms with Crippen molar-refractivity contribution in [3.63, 3.8) is 0 Å². The summed E-state index contributed by atoms with van der Waals surface area (Å²) in [5.74, 6) is 0. The van der Waals surface area contributed by atoms with E-state index in [-0.39, 0.29) is 12.1 Å². The molecule has 2 N–H and O–H groups in total. The van der Waals surface area contributed by atoms with Gasteiger partial charge in [0.15, 0.2) is 0 Å². The largest absolute Gasteiger partial charge is 0.380 e. The average molecular weight is 298 g/mol. The predicted octanol–water partition coefficient (Wildman–Crippen LogP) is 1.42. The molecule has 0 amide bonds. The van der Waals surface area contributed by atoms with Crippen LogP contribution in [0, 0.1) is 0 Å². The molecule has 1 heterocycles. The van der Waals surface area contributed by atoms with Gasteiger partial charge < -0.3 is 10.1 Å². The lowest BCUT2D eigenvalue weighted by molar-refractivity contribution is 0.0774.